The van der Waals surface area contributed by atoms with Gasteiger partial charge in [-0.15, -0.1) is 0 Å². The van der Waals surface area contributed by atoms with E-state index in [9.17, 15) is 18.8 Å². The van der Waals surface area contributed by atoms with Crippen LogP contribution in [0.15, 0.2) is 53.4 Å². The summed E-state index contributed by atoms with van der Waals surface area (Å²) in [6, 6.07) is 13.0. The van der Waals surface area contributed by atoms with Crippen molar-refractivity contribution >= 4 is 35.0 Å². The zero-order chi connectivity index (χ0) is 21.7. The van der Waals surface area contributed by atoms with Crippen LogP contribution >= 0.6 is 11.8 Å². The number of hydrogen-bond donors (Lipinski definition) is 0. The van der Waals surface area contributed by atoms with E-state index in [0.717, 1.165) is 22.2 Å². The molecule has 0 bridgehead atoms. The molecule has 1 aliphatic heterocycles. The Kier molecular flexibility index (Phi) is 6.89. The smallest absolute Gasteiger partial charge is 0.326 e. The van der Waals surface area contributed by atoms with Crippen molar-refractivity contribution in [1.82, 2.24) is 4.90 Å². The fourth-order valence-corrected chi connectivity index (χ4v) is 3.46. The van der Waals surface area contributed by atoms with Gasteiger partial charge in [-0.1, -0.05) is 24.3 Å². The SMILES string of the molecule is CC(C)OC(=O)CN1C(=O)S/C(=C\c2ccc(OCc3ccc(F)cc3)cc2)C1=O. The van der Waals surface area contributed by atoms with Crippen LogP contribution in [0.25, 0.3) is 6.08 Å². The molecule has 8 heteroatoms. The van der Waals surface area contributed by atoms with Gasteiger partial charge in [-0.05, 0) is 67.1 Å². The number of nitrogens with zero attached hydrogens (tertiary/aromatic N) is 1. The van der Waals surface area contributed by atoms with Crippen molar-refractivity contribution in [2.75, 3.05) is 6.54 Å². The van der Waals surface area contributed by atoms with E-state index in [4.69, 9.17) is 9.47 Å². The van der Waals surface area contributed by atoms with E-state index in [1.54, 1.807) is 56.3 Å². The van der Waals surface area contributed by atoms with Gasteiger partial charge in [-0.3, -0.25) is 19.3 Å². The van der Waals surface area contributed by atoms with Gasteiger partial charge in [0.05, 0.1) is 11.0 Å². The highest BCUT2D eigenvalue weighted by Crippen LogP contribution is 2.32. The van der Waals surface area contributed by atoms with E-state index >= 15 is 0 Å². The van der Waals surface area contributed by atoms with Gasteiger partial charge in [0.25, 0.3) is 11.1 Å². The second-order valence-electron chi connectivity index (χ2n) is 6.79. The van der Waals surface area contributed by atoms with Crippen LogP contribution < -0.4 is 4.74 Å². The maximum Gasteiger partial charge on any atom is 0.326 e. The second kappa shape index (κ2) is 9.58. The minimum Gasteiger partial charge on any atom is -0.489 e. The monoisotopic (exact) mass is 429 g/mol. The lowest BCUT2D eigenvalue weighted by atomic mass is 10.2. The molecule has 0 aromatic heterocycles. The van der Waals surface area contributed by atoms with Gasteiger partial charge in [-0.2, -0.15) is 0 Å². The van der Waals surface area contributed by atoms with Crippen LogP contribution in [0, 0.1) is 5.82 Å². The number of hydrogen-bond acceptors (Lipinski definition) is 6. The normalized spacial score (nSPS) is 15.2. The summed E-state index contributed by atoms with van der Waals surface area (Å²) in [4.78, 5) is 37.4. The number of amides is 2. The fourth-order valence-electron chi connectivity index (χ4n) is 2.62. The summed E-state index contributed by atoms with van der Waals surface area (Å²) >= 11 is 0.779. The number of esters is 1. The van der Waals surface area contributed by atoms with Gasteiger partial charge in [0.1, 0.15) is 24.7 Å². The quantitative estimate of drug-likeness (QED) is 0.480. The third kappa shape index (κ3) is 5.70. The molecule has 2 aromatic carbocycles. The summed E-state index contributed by atoms with van der Waals surface area (Å²) in [6.07, 6.45) is 1.26. The van der Waals surface area contributed by atoms with Crippen LogP contribution in [0.5, 0.6) is 5.75 Å². The van der Waals surface area contributed by atoms with Gasteiger partial charge >= 0.3 is 5.97 Å². The zero-order valence-electron chi connectivity index (χ0n) is 16.5. The summed E-state index contributed by atoms with van der Waals surface area (Å²) < 4.78 is 23.6. The molecule has 1 aliphatic rings. The lowest BCUT2D eigenvalue weighted by Gasteiger charge is -2.13. The molecule has 6 nitrogen and oxygen atoms in total. The third-order valence-corrected chi connectivity index (χ3v) is 4.93. The first-order chi connectivity index (χ1) is 14.3. The third-order valence-electron chi connectivity index (χ3n) is 4.02. The maximum absolute atomic E-state index is 12.9. The molecule has 2 aromatic rings. The van der Waals surface area contributed by atoms with Crippen molar-refractivity contribution < 1.29 is 28.2 Å². The number of rotatable bonds is 7. The highest BCUT2D eigenvalue weighted by atomic mass is 32.2. The van der Waals surface area contributed by atoms with E-state index in [0.29, 0.717) is 17.9 Å². The second-order valence-corrected chi connectivity index (χ2v) is 7.78. The molecular weight excluding hydrogens is 409 g/mol. The van der Waals surface area contributed by atoms with Crippen molar-refractivity contribution in [3.8, 4) is 5.75 Å². The maximum atomic E-state index is 12.9. The van der Waals surface area contributed by atoms with Crippen LogP contribution in [0.3, 0.4) is 0 Å². The minimum absolute atomic E-state index is 0.234. The Morgan fingerprint density at radius 2 is 1.77 bits per heavy atom. The van der Waals surface area contributed by atoms with Gasteiger partial charge in [0, 0.05) is 0 Å². The molecule has 0 radical (unpaired) electrons. The van der Waals surface area contributed by atoms with E-state index in [1.165, 1.54) is 12.1 Å². The van der Waals surface area contributed by atoms with Crippen molar-refractivity contribution in [1.29, 1.82) is 0 Å². The molecule has 1 heterocycles. The molecule has 1 saturated heterocycles. The van der Waals surface area contributed by atoms with E-state index < -0.39 is 23.7 Å². The van der Waals surface area contributed by atoms with Crippen molar-refractivity contribution in [2.45, 2.75) is 26.6 Å². The lowest BCUT2D eigenvalue weighted by Crippen LogP contribution is -2.35. The molecule has 30 heavy (non-hydrogen) atoms. The summed E-state index contributed by atoms with van der Waals surface area (Å²) in [5.74, 6) is -0.844. The first-order valence-corrected chi connectivity index (χ1v) is 10.1. The van der Waals surface area contributed by atoms with Crippen molar-refractivity contribution in [3.63, 3.8) is 0 Å². The first kappa shape index (κ1) is 21.6. The predicted octanol–water partition coefficient (Wildman–Crippen LogP) is 4.39. The Labute approximate surface area is 177 Å². The molecule has 0 atom stereocenters. The number of imide groups is 1. The van der Waals surface area contributed by atoms with Crippen LogP contribution in [0.1, 0.15) is 25.0 Å². The fraction of sp³-hybridized carbons (Fsp3) is 0.227. The molecular formula is C22H20FNO5S. The van der Waals surface area contributed by atoms with Gasteiger partial charge < -0.3 is 9.47 Å². The van der Waals surface area contributed by atoms with Crippen LogP contribution in [-0.4, -0.2) is 34.7 Å². The Morgan fingerprint density at radius 3 is 2.40 bits per heavy atom. The van der Waals surface area contributed by atoms with Gasteiger partial charge in [0.2, 0.25) is 0 Å². The number of ether oxygens (including phenoxy) is 2. The first-order valence-electron chi connectivity index (χ1n) is 9.24. The number of halogens is 1. The predicted molar refractivity (Wildman–Crippen MR) is 111 cm³/mol. The Hall–Kier alpha value is -3.13. The molecule has 0 aliphatic carbocycles. The lowest BCUT2D eigenvalue weighted by molar-refractivity contribution is -0.149. The number of benzene rings is 2. The average Bonchev–Trinajstić information content (AvgIpc) is 2.95. The molecule has 156 valence electrons. The average molecular weight is 429 g/mol. The largest absolute Gasteiger partial charge is 0.489 e. The van der Waals surface area contributed by atoms with Crippen molar-refractivity contribution in [3.05, 3.63) is 70.4 Å². The van der Waals surface area contributed by atoms with Crippen LogP contribution in [-0.2, 0) is 20.9 Å². The number of carbonyl (C=O) groups excluding carboxylic acids is 3. The Morgan fingerprint density at radius 1 is 1.10 bits per heavy atom. The molecule has 0 spiro atoms. The molecule has 0 saturated carbocycles. The Bertz CT molecular complexity index is 970. The van der Waals surface area contributed by atoms with E-state index in [-0.39, 0.29) is 16.8 Å². The highest BCUT2D eigenvalue weighted by molar-refractivity contribution is 8.18. The summed E-state index contributed by atoms with van der Waals surface area (Å²) in [5, 5.41) is -0.508. The summed E-state index contributed by atoms with van der Waals surface area (Å²) in [7, 11) is 0. The van der Waals surface area contributed by atoms with Crippen molar-refractivity contribution in [2.24, 2.45) is 0 Å². The molecule has 0 unspecified atom stereocenters. The molecule has 3 rings (SSSR count). The standard InChI is InChI=1S/C22H20FNO5S/c1-14(2)29-20(25)12-24-21(26)19(30-22(24)27)11-15-5-9-18(10-6-15)28-13-16-3-7-17(23)8-4-16/h3-11,14H,12-13H2,1-2H3/b19-11-. The van der Waals surface area contributed by atoms with Gasteiger partial charge in [0.15, 0.2) is 0 Å². The molecule has 1 fully saturated rings. The Balaban J connectivity index is 1.61. The zero-order valence-corrected chi connectivity index (χ0v) is 17.3. The van der Waals surface area contributed by atoms with Crippen LogP contribution in [0.4, 0.5) is 9.18 Å². The van der Waals surface area contributed by atoms with E-state index in [1.807, 2.05) is 0 Å². The van der Waals surface area contributed by atoms with Crippen LogP contribution in [0.2, 0.25) is 0 Å². The summed E-state index contributed by atoms with van der Waals surface area (Å²) in [5.41, 5.74) is 1.55. The number of thioether (sulfide) groups is 1. The van der Waals surface area contributed by atoms with E-state index in [2.05, 4.69) is 0 Å². The highest BCUT2D eigenvalue weighted by Gasteiger charge is 2.36. The minimum atomic E-state index is -0.629. The number of carbonyl (C=O) groups is 3. The van der Waals surface area contributed by atoms with Gasteiger partial charge in [-0.25, -0.2) is 4.39 Å². The topological polar surface area (TPSA) is 72.9 Å². The molecule has 0 N–H and O–H groups in total. The summed E-state index contributed by atoms with van der Waals surface area (Å²) in [6.45, 7) is 3.28. The molecule has 2 amide bonds.